The van der Waals surface area contributed by atoms with Gasteiger partial charge in [-0.05, 0) is 51.7 Å². The third-order valence-corrected chi connectivity index (χ3v) is 8.55. The second-order valence-electron chi connectivity index (χ2n) is 13.3. The molecule has 46 heavy (non-hydrogen) atoms. The first-order valence-electron chi connectivity index (χ1n) is 19.9. The fourth-order valence-corrected chi connectivity index (χ4v) is 5.46. The Hall–Kier alpha value is -1.63. The average Bonchev–Trinajstić information content (AvgIpc) is 3.04. The van der Waals surface area contributed by atoms with Crippen molar-refractivity contribution in [2.45, 2.75) is 201 Å². The van der Waals surface area contributed by atoms with Gasteiger partial charge in [-0.2, -0.15) is 0 Å². The molecule has 0 radical (unpaired) electrons. The molecule has 0 saturated heterocycles. The minimum absolute atomic E-state index is 0.00128. The SMILES string of the molecule is CCCCCCCCCCCC(=O)O.CCCCCCCCCCCCNC(=O)CCC(=O)NCCCN(CCCC)CCCC. The molecule has 0 fully saturated rings. The number of carbonyl (C=O) groups excluding carboxylic acids is 2. The number of amides is 2. The first-order valence-corrected chi connectivity index (χ1v) is 19.9. The molecule has 0 unspecified atom stereocenters. The Bertz CT molecular complexity index is 651. The highest BCUT2D eigenvalue weighted by Gasteiger charge is 2.08. The minimum atomic E-state index is -0.659. The van der Waals surface area contributed by atoms with Crippen LogP contribution in [0.4, 0.5) is 0 Å². The van der Waals surface area contributed by atoms with Gasteiger partial charge in [-0.25, -0.2) is 0 Å². The van der Waals surface area contributed by atoms with Crippen LogP contribution in [0.25, 0.3) is 0 Å². The van der Waals surface area contributed by atoms with Crippen molar-refractivity contribution in [2.75, 3.05) is 32.7 Å². The molecule has 0 aliphatic rings. The number of aliphatic carboxylic acids is 1. The lowest BCUT2D eigenvalue weighted by Gasteiger charge is -2.21. The van der Waals surface area contributed by atoms with Crippen LogP contribution in [0.1, 0.15) is 201 Å². The maximum Gasteiger partial charge on any atom is 0.303 e. The molecule has 0 saturated carbocycles. The molecule has 3 N–H and O–H groups in total. The fourth-order valence-electron chi connectivity index (χ4n) is 5.46. The van der Waals surface area contributed by atoms with E-state index in [2.05, 4.69) is 43.2 Å². The van der Waals surface area contributed by atoms with Crippen LogP contribution in [0.2, 0.25) is 0 Å². The van der Waals surface area contributed by atoms with Gasteiger partial charge in [0.05, 0.1) is 0 Å². The Balaban J connectivity index is 0. The van der Waals surface area contributed by atoms with E-state index in [0.717, 1.165) is 51.9 Å². The van der Waals surface area contributed by atoms with Crippen molar-refractivity contribution in [3.05, 3.63) is 0 Å². The standard InChI is InChI=1S/C27H55N3O2.C12H24O2/c1-4-7-10-11-12-13-14-15-16-17-21-28-26(31)19-20-27(32)29-22-18-25-30(23-8-5-2)24-9-6-3;1-2-3-4-5-6-7-8-9-10-11-12(13)14/h4-25H2,1-3H3,(H,28,31)(H,29,32);2-11H2,1H3,(H,13,14). The molecule has 0 aromatic carbocycles. The predicted molar refractivity (Wildman–Crippen MR) is 197 cm³/mol. The van der Waals surface area contributed by atoms with Crippen molar-refractivity contribution in [3.63, 3.8) is 0 Å². The summed E-state index contributed by atoms with van der Waals surface area (Å²) < 4.78 is 0. The quantitative estimate of drug-likeness (QED) is 0.0600. The average molecular weight is 654 g/mol. The Morgan fingerprint density at radius 1 is 0.413 bits per heavy atom. The van der Waals surface area contributed by atoms with E-state index in [9.17, 15) is 14.4 Å². The molecule has 0 rings (SSSR count). The van der Waals surface area contributed by atoms with E-state index in [4.69, 9.17) is 5.11 Å². The highest BCUT2D eigenvalue weighted by molar-refractivity contribution is 5.83. The van der Waals surface area contributed by atoms with Crippen LogP contribution in [0.15, 0.2) is 0 Å². The summed E-state index contributed by atoms with van der Waals surface area (Å²) in [6.07, 6.45) is 30.9. The van der Waals surface area contributed by atoms with Gasteiger partial charge in [0.2, 0.25) is 11.8 Å². The molecule has 0 aromatic rings. The molecule has 7 nitrogen and oxygen atoms in total. The number of hydrogen-bond donors (Lipinski definition) is 3. The zero-order valence-corrected chi connectivity index (χ0v) is 31.2. The molecule has 7 heteroatoms. The van der Waals surface area contributed by atoms with Gasteiger partial charge in [0, 0.05) is 32.4 Å². The van der Waals surface area contributed by atoms with Crippen LogP contribution in [0, 0.1) is 0 Å². The molecular weight excluding hydrogens is 574 g/mol. The van der Waals surface area contributed by atoms with Gasteiger partial charge in [-0.3, -0.25) is 14.4 Å². The van der Waals surface area contributed by atoms with E-state index < -0.39 is 5.97 Å². The van der Waals surface area contributed by atoms with Gasteiger partial charge < -0.3 is 20.6 Å². The smallest absolute Gasteiger partial charge is 0.303 e. The Labute approximate surface area is 286 Å². The van der Waals surface area contributed by atoms with Gasteiger partial charge in [0.25, 0.3) is 0 Å². The van der Waals surface area contributed by atoms with E-state index in [0.29, 0.717) is 25.8 Å². The summed E-state index contributed by atoms with van der Waals surface area (Å²) in [6.45, 7) is 13.7. The van der Waals surface area contributed by atoms with Crippen LogP contribution in [-0.4, -0.2) is 60.5 Å². The maximum absolute atomic E-state index is 12.0. The topological polar surface area (TPSA) is 98.7 Å². The third-order valence-electron chi connectivity index (χ3n) is 8.55. The summed E-state index contributed by atoms with van der Waals surface area (Å²) in [6, 6.07) is 0. The zero-order chi connectivity index (χ0) is 34.4. The molecule has 0 aliphatic carbocycles. The van der Waals surface area contributed by atoms with Crippen LogP contribution in [0.5, 0.6) is 0 Å². The summed E-state index contributed by atoms with van der Waals surface area (Å²) in [4.78, 5) is 36.6. The van der Waals surface area contributed by atoms with Crippen molar-refractivity contribution >= 4 is 17.8 Å². The maximum atomic E-state index is 12.0. The van der Waals surface area contributed by atoms with Crippen molar-refractivity contribution in [3.8, 4) is 0 Å². The van der Waals surface area contributed by atoms with E-state index in [1.807, 2.05) is 0 Å². The minimum Gasteiger partial charge on any atom is -0.481 e. The van der Waals surface area contributed by atoms with Gasteiger partial charge in [-0.15, -0.1) is 0 Å². The molecule has 0 bridgehead atoms. The number of unbranched alkanes of at least 4 members (excludes halogenated alkanes) is 19. The van der Waals surface area contributed by atoms with Crippen molar-refractivity contribution < 1.29 is 19.5 Å². The molecule has 2 amide bonds. The van der Waals surface area contributed by atoms with Crippen LogP contribution >= 0.6 is 0 Å². The van der Waals surface area contributed by atoms with Gasteiger partial charge in [0.15, 0.2) is 0 Å². The van der Waals surface area contributed by atoms with E-state index in [1.165, 1.54) is 128 Å². The zero-order valence-electron chi connectivity index (χ0n) is 31.2. The Morgan fingerprint density at radius 2 is 0.739 bits per heavy atom. The van der Waals surface area contributed by atoms with Crippen molar-refractivity contribution in [1.82, 2.24) is 15.5 Å². The van der Waals surface area contributed by atoms with E-state index in [1.54, 1.807) is 0 Å². The van der Waals surface area contributed by atoms with E-state index in [-0.39, 0.29) is 11.8 Å². The Kier molecular flexibility index (Phi) is 40.0. The summed E-state index contributed by atoms with van der Waals surface area (Å²) >= 11 is 0. The molecule has 0 spiro atoms. The van der Waals surface area contributed by atoms with Gasteiger partial charge in [-0.1, -0.05) is 150 Å². The summed E-state index contributed by atoms with van der Waals surface area (Å²) in [5, 5.41) is 14.3. The lowest BCUT2D eigenvalue weighted by Crippen LogP contribution is -2.32. The van der Waals surface area contributed by atoms with Gasteiger partial charge >= 0.3 is 5.97 Å². The highest BCUT2D eigenvalue weighted by Crippen LogP contribution is 2.11. The molecule has 0 aliphatic heterocycles. The van der Waals surface area contributed by atoms with E-state index >= 15 is 0 Å². The molecule has 0 aromatic heterocycles. The van der Waals surface area contributed by atoms with Crippen LogP contribution in [0.3, 0.4) is 0 Å². The second-order valence-corrected chi connectivity index (χ2v) is 13.3. The first-order chi connectivity index (χ1) is 22.4. The Morgan fingerprint density at radius 3 is 1.13 bits per heavy atom. The van der Waals surface area contributed by atoms with Crippen molar-refractivity contribution in [1.29, 1.82) is 0 Å². The largest absolute Gasteiger partial charge is 0.481 e. The number of hydrogen-bond acceptors (Lipinski definition) is 4. The number of nitrogens with one attached hydrogen (secondary N) is 2. The number of carboxylic acid groups (broad SMARTS) is 1. The lowest BCUT2D eigenvalue weighted by molar-refractivity contribution is -0.137. The first kappa shape index (κ1) is 46.5. The summed E-state index contributed by atoms with van der Waals surface area (Å²) in [5.41, 5.74) is 0. The molecular formula is C39H79N3O4. The van der Waals surface area contributed by atoms with Gasteiger partial charge in [0.1, 0.15) is 0 Å². The molecule has 0 atom stereocenters. The predicted octanol–water partition coefficient (Wildman–Crippen LogP) is 10.2. The van der Waals surface area contributed by atoms with Crippen LogP contribution in [-0.2, 0) is 14.4 Å². The monoisotopic (exact) mass is 654 g/mol. The number of rotatable bonds is 34. The number of carboxylic acids is 1. The molecule has 0 heterocycles. The second kappa shape index (κ2) is 39.5. The fraction of sp³-hybridized carbons (Fsp3) is 0.923. The third kappa shape index (κ3) is 40.4. The molecule has 274 valence electrons. The summed E-state index contributed by atoms with van der Waals surface area (Å²) in [5.74, 6) is -0.665. The normalized spacial score (nSPS) is 10.9. The lowest BCUT2D eigenvalue weighted by atomic mass is 10.1. The number of carbonyl (C=O) groups is 3. The number of nitrogens with zero attached hydrogens (tertiary/aromatic N) is 1. The van der Waals surface area contributed by atoms with Crippen LogP contribution < -0.4 is 10.6 Å². The van der Waals surface area contributed by atoms with Crippen molar-refractivity contribution in [2.24, 2.45) is 0 Å². The summed E-state index contributed by atoms with van der Waals surface area (Å²) in [7, 11) is 0. The highest BCUT2D eigenvalue weighted by atomic mass is 16.4.